The van der Waals surface area contributed by atoms with Crippen LogP contribution in [0.5, 0.6) is 0 Å². The number of rotatable bonds is 6. The maximum atomic E-state index is 13.3. The van der Waals surface area contributed by atoms with E-state index in [4.69, 9.17) is 9.15 Å². The van der Waals surface area contributed by atoms with Gasteiger partial charge in [0.05, 0.1) is 11.0 Å². The molecule has 0 aliphatic carbocycles. The number of hydrogen-bond acceptors (Lipinski definition) is 6. The molecule has 1 aliphatic heterocycles. The summed E-state index contributed by atoms with van der Waals surface area (Å²) < 4.78 is 50.9. The van der Waals surface area contributed by atoms with Gasteiger partial charge >= 0.3 is 0 Å². The van der Waals surface area contributed by atoms with Crippen molar-refractivity contribution < 1.29 is 22.0 Å². The normalized spacial score (nSPS) is 16.8. The summed E-state index contributed by atoms with van der Waals surface area (Å²) in [5, 5.41) is 2.81. The number of aryl methyl sites for hydroxylation is 1. The zero-order valence-corrected chi connectivity index (χ0v) is 16.7. The summed E-state index contributed by atoms with van der Waals surface area (Å²) in [6.07, 6.45) is 1.86. The fourth-order valence-corrected chi connectivity index (χ4v) is 4.44. The fraction of sp³-hybridized carbons (Fsp3) is 0.286. The van der Waals surface area contributed by atoms with Crippen LogP contribution in [0.4, 0.5) is 10.3 Å². The van der Waals surface area contributed by atoms with Crippen LogP contribution in [0.3, 0.4) is 0 Å². The van der Waals surface area contributed by atoms with Gasteiger partial charge in [0.1, 0.15) is 5.82 Å². The first kappa shape index (κ1) is 19.6. The van der Waals surface area contributed by atoms with E-state index in [1.165, 1.54) is 12.1 Å². The Balaban J connectivity index is 1.73. The Morgan fingerprint density at radius 1 is 1.14 bits per heavy atom. The number of nitrogens with one attached hydrogen (secondary N) is 1. The van der Waals surface area contributed by atoms with Crippen LogP contribution in [0.1, 0.15) is 18.4 Å². The van der Waals surface area contributed by atoms with Crippen molar-refractivity contribution in [3.8, 4) is 11.5 Å². The van der Waals surface area contributed by atoms with Gasteiger partial charge in [0.15, 0.2) is 0 Å². The van der Waals surface area contributed by atoms with E-state index >= 15 is 0 Å². The predicted octanol–water partition coefficient (Wildman–Crippen LogP) is 4.21. The smallest absolute Gasteiger partial charge is 0.233 e. The molecule has 0 amide bonds. The second-order valence-electron chi connectivity index (χ2n) is 6.99. The lowest BCUT2D eigenvalue weighted by atomic mass is 10.1. The molecule has 0 spiro atoms. The van der Waals surface area contributed by atoms with Crippen LogP contribution in [0.25, 0.3) is 11.5 Å². The summed E-state index contributed by atoms with van der Waals surface area (Å²) in [4.78, 5) is 4.22. The minimum absolute atomic E-state index is 0.00991. The quantitative estimate of drug-likeness (QED) is 0.606. The summed E-state index contributed by atoms with van der Waals surface area (Å²) in [6.45, 7) is 3.06. The van der Waals surface area contributed by atoms with E-state index < -0.39 is 15.7 Å². The fourth-order valence-electron chi connectivity index (χ4n) is 3.16. The van der Waals surface area contributed by atoms with E-state index in [9.17, 15) is 12.8 Å². The highest BCUT2D eigenvalue weighted by Crippen LogP contribution is 2.32. The Morgan fingerprint density at radius 2 is 1.86 bits per heavy atom. The van der Waals surface area contributed by atoms with Crippen LogP contribution in [0.2, 0.25) is 0 Å². The van der Waals surface area contributed by atoms with Gasteiger partial charge in [-0.25, -0.2) is 12.8 Å². The van der Waals surface area contributed by atoms with Crippen LogP contribution in [0.15, 0.2) is 62.9 Å². The number of ether oxygens (including phenoxy) is 1. The van der Waals surface area contributed by atoms with E-state index in [2.05, 4.69) is 10.3 Å². The second-order valence-corrected chi connectivity index (χ2v) is 8.86. The van der Waals surface area contributed by atoms with Crippen LogP contribution in [-0.4, -0.2) is 32.7 Å². The topological polar surface area (TPSA) is 81.4 Å². The lowest BCUT2D eigenvalue weighted by Gasteiger charge is -2.10. The van der Waals surface area contributed by atoms with Gasteiger partial charge in [-0.3, -0.25) is 0 Å². The molecule has 0 saturated carbocycles. The minimum Gasteiger partial charge on any atom is -0.419 e. The molecule has 1 saturated heterocycles. The summed E-state index contributed by atoms with van der Waals surface area (Å²) in [6, 6.07) is 12.1. The van der Waals surface area contributed by atoms with Crippen LogP contribution in [-0.2, 0) is 14.6 Å². The van der Waals surface area contributed by atoms with Crippen LogP contribution < -0.4 is 5.32 Å². The zero-order valence-electron chi connectivity index (χ0n) is 15.9. The third-order valence-corrected chi connectivity index (χ3v) is 6.47. The Hall–Kier alpha value is -2.71. The third kappa shape index (κ3) is 4.18. The molecule has 1 aliphatic rings. The molecule has 1 aromatic heterocycles. The maximum absolute atomic E-state index is 13.3. The Morgan fingerprint density at radius 3 is 2.52 bits per heavy atom. The van der Waals surface area contributed by atoms with E-state index in [1.54, 1.807) is 0 Å². The zero-order chi connectivity index (χ0) is 20.4. The average molecular weight is 416 g/mol. The number of nitrogens with zero attached hydrogens (tertiary/aromatic N) is 1. The lowest BCUT2D eigenvalue weighted by Crippen LogP contribution is -2.19. The summed E-state index contributed by atoms with van der Waals surface area (Å²) in [5.41, 5.74) is 1.73. The van der Waals surface area contributed by atoms with E-state index in [1.807, 2.05) is 31.2 Å². The molecule has 29 heavy (non-hydrogen) atoms. The molecule has 2 heterocycles. The number of hydrogen-bond donors (Lipinski definition) is 1. The van der Waals surface area contributed by atoms with Crippen molar-refractivity contribution in [3.63, 3.8) is 0 Å². The van der Waals surface area contributed by atoms with Gasteiger partial charge in [-0.05, 0) is 56.2 Å². The first-order chi connectivity index (χ1) is 13.9. The predicted molar refractivity (Wildman–Crippen MR) is 106 cm³/mol. The highest BCUT2D eigenvalue weighted by Gasteiger charge is 2.29. The van der Waals surface area contributed by atoms with Crippen molar-refractivity contribution in [1.82, 2.24) is 4.98 Å². The van der Waals surface area contributed by atoms with Gasteiger partial charge in [-0.1, -0.05) is 17.7 Å². The number of anilines is 1. The number of halogens is 1. The van der Waals surface area contributed by atoms with Gasteiger partial charge in [0.2, 0.25) is 26.6 Å². The SMILES string of the molecule is Cc1ccc(-c2nc(S(=O)(=O)c3ccc(F)cc3)c(NC[C@H]3CCCO3)o2)cc1. The van der Waals surface area contributed by atoms with E-state index in [0.29, 0.717) is 18.7 Å². The maximum Gasteiger partial charge on any atom is 0.233 e. The number of benzene rings is 2. The highest BCUT2D eigenvalue weighted by molar-refractivity contribution is 7.91. The molecular formula is C21H21FN2O4S. The first-order valence-electron chi connectivity index (χ1n) is 9.37. The van der Waals surface area contributed by atoms with Crippen molar-refractivity contribution in [1.29, 1.82) is 0 Å². The Kier molecular flexibility index (Phi) is 5.38. The number of sulfone groups is 1. The molecule has 152 valence electrons. The van der Waals surface area contributed by atoms with Gasteiger partial charge in [-0.2, -0.15) is 4.98 Å². The van der Waals surface area contributed by atoms with Gasteiger partial charge < -0.3 is 14.5 Å². The molecule has 6 nitrogen and oxygen atoms in total. The molecule has 2 aromatic carbocycles. The molecule has 1 N–H and O–H groups in total. The molecule has 4 rings (SSSR count). The molecule has 0 unspecified atom stereocenters. The van der Waals surface area contributed by atoms with Crippen molar-refractivity contribution in [2.75, 3.05) is 18.5 Å². The molecule has 3 aromatic rings. The minimum atomic E-state index is -4.00. The van der Waals surface area contributed by atoms with E-state index in [0.717, 1.165) is 30.5 Å². The van der Waals surface area contributed by atoms with Crippen molar-refractivity contribution in [3.05, 3.63) is 59.9 Å². The second kappa shape index (κ2) is 7.96. The molecule has 0 bridgehead atoms. The number of oxazole rings is 1. The largest absolute Gasteiger partial charge is 0.419 e. The molecule has 1 fully saturated rings. The third-order valence-electron chi connectivity index (χ3n) is 4.79. The Bertz CT molecular complexity index is 1090. The molecule has 8 heteroatoms. The van der Waals surface area contributed by atoms with Gasteiger partial charge in [0, 0.05) is 18.7 Å². The standard InChI is InChI=1S/C21H21FN2O4S/c1-14-4-6-15(7-5-14)19-24-21(20(28-19)23-13-17-3-2-12-27-17)29(25,26)18-10-8-16(22)9-11-18/h4-11,17,23H,2-3,12-13H2,1H3/t17-/m1/s1. The average Bonchev–Trinajstić information content (AvgIpc) is 3.37. The number of aromatic nitrogens is 1. The summed E-state index contributed by atoms with van der Waals surface area (Å²) >= 11 is 0. The molecule has 0 radical (unpaired) electrons. The van der Waals surface area contributed by atoms with Crippen molar-refractivity contribution >= 4 is 15.7 Å². The van der Waals surface area contributed by atoms with Crippen LogP contribution >= 0.6 is 0 Å². The van der Waals surface area contributed by atoms with Crippen molar-refractivity contribution in [2.24, 2.45) is 0 Å². The Labute approximate surface area is 168 Å². The first-order valence-corrected chi connectivity index (χ1v) is 10.9. The van der Waals surface area contributed by atoms with Gasteiger partial charge in [-0.15, -0.1) is 0 Å². The monoisotopic (exact) mass is 416 g/mol. The van der Waals surface area contributed by atoms with Crippen LogP contribution in [0, 0.1) is 12.7 Å². The summed E-state index contributed by atoms with van der Waals surface area (Å²) in [7, 11) is -4.00. The van der Waals surface area contributed by atoms with E-state index in [-0.39, 0.29) is 27.8 Å². The highest BCUT2D eigenvalue weighted by atomic mass is 32.2. The lowest BCUT2D eigenvalue weighted by molar-refractivity contribution is 0.120. The molecule has 1 atom stereocenters. The van der Waals surface area contributed by atoms with Gasteiger partial charge in [0.25, 0.3) is 0 Å². The summed E-state index contributed by atoms with van der Waals surface area (Å²) in [5.74, 6) is -0.262. The molecular weight excluding hydrogens is 395 g/mol. The van der Waals surface area contributed by atoms with Crippen molar-refractivity contribution in [2.45, 2.75) is 35.8 Å².